The number of likely N-dealkylation sites (tertiary alicyclic amines) is 1. The van der Waals surface area contributed by atoms with E-state index >= 15 is 0 Å². The third-order valence-corrected chi connectivity index (χ3v) is 14.9. The van der Waals surface area contributed by atoms with Crippen LogP contribution in [0.3, 0.4) is 0 Å². The lowest BCUT2D eigenvalue weighted by atomic mass is 9.57. The lowest BCUT2D eigenvalue weighted by Crippen LogP contribution is -2.77. The van der Waals surface area contributed by atoms with Crippen molar-refractivity contribution in [2.75, 3.05) is 13.1 Å². The molecule has 1 aromatic carbocycles. The Balaban J connectivity index is 0.839. The first-order valence-electron chi connectivity index (χ1n) is 22.8. The van der Waals surface area contributed by atoms with Gasteiger partial charge >= 0.3 is 0 Å². The monoisotopic (exact) mass is 907 g/mol. The summed E-state index contributed by atoms with van der Waals surface area (Å²) in [4.78, 5) is 99.2. The molecule has 6 amide bonds. The number of nitrogens with one attached hydrogen (secondary N) is 4. The molecule has 8 rings (SSSR count). The second kappa shape index (κ2) is 19.2. The van der Waals surface area contributed by atoms with Crippen molar-refractivity contribution in [1.29, 1.82) is 0 Å². The van der Waals surface area contributed by atoms with Gasteiger partial charge in [0.05, 0.1) is 22.2 Å². The molecule has 6 heterocycles. The molecule has 5 aliphatic heterocycles. The highest BCUT2D eigenvalue weighted by Crippen LogP contribution is 2.60. The zero-order valence-electron chi connectivity index (χ0n) is 38.1. The smallest absolute Gasteiger partial charge is 0.246 e. The molecule has 0 radical (unpaired) electrons. The van der Waals surface area contributed by atoms with Crippen LogP contribution >= 0.6 is 11.3 Å². The van der Waals surface area contributed by atoms with Gasteiger partial charge in [0.15, 0.2) is 11.8 Å². The summed E-state index contributed by atoms with van der Waals surface area (Å²) in [5.41, 5.74) is 5.81. The number of unbranched alkanes of at least 4 members (excludes halogenated alkanes) is 1. The fraction of sp³-hybridized carbons (Fsp3) is 0.674. The van der Waals surface area contributed by atoms with E-state index in [2.05, 4.69) is 33.3 Å². The van der Waals surface area contributed by atoms with E-state index in [1.165, 1.54) is 9.91 Å². The average Bonchev–Trinajstić information content (AvgIpc) is 3.79. The summed E-state index contributed by atoms with van der Waals surface area (Å²) in [6.07, 6.45) is 2.20. The maximum Gasteiger partial charge on any atom is 0.246 e. The minimum Gasteiger partial charge on any atom is -0.391 e. The van der Waals surface area contributed by atoms with Crippen LogP contribution in [0.5, 0.6) is 0 Å². The van der Waals surface area contributed by atoms with E-state index in [-0.39, 0.29) is 80.8 Å². The largest absolute Gasteiger partial charge is 0.391 e. The van der Waals surface area contributed by atoms with Gasteiger partial charge < -0.3 is 30.7 Å². The van der Waals surface area contributed by atoms with E-state index < -0.39 is 59.0 Å². The van der Waals surface area contributed by atoms with Crippen molar-refractivity contribution >= 4 is 46.8 Å². The molecule has 6 aliphatic rings. The van der Waals surface area contributed by atoms with Crippen molar-refractivity contribution in [3.8, 4) is 10.4 Å². The number of hydrazine groups is 1. The maximum absolute atomic E-state index is 14.0. The molecule has 6 fully saturated rings. The number of amides is 6. The van der Waals surface area contributed by atoms with Crippen LogP contribution in [0.1, 0.15) is 117 Å². The minimum absolute atomic E-state index is 0.0289. The topological polar surface area (TPSA) is 218 Å². The molecule has 17 nitrogen and oxygen atoms in total. The molecule has 5 N–H and O–H groups in total. The van der Waals surface area contributed by atoms with Gasteiger partial charge in [-0.3, -0.25) is 34.2 Å². The van der Waals surface area contributed by atoms with Crippen molar-refractivity contribution in [1.82, 2.24) is 36.3 Å². The van der Waals surface area contributed by atoms with Crippen LogP contribution in [0.4, 0.5) is 0 Å². The van der Waals surface area contributed by atoms with Crippen LogP contribution in [0.25, 0.3) is 10.4 Å². The van der Waals surface area contributed by atoms with Gasteiger partial charge in [0.1, 0.15) is 12.1 Å². The number of aliphatic hydroxyl groups excluding tert-OH is 1. The molecule has 1 aliphatic carbocycles. The number of aliphatic hydroxyl groups is 1. The number of carbonyl (C=O) groups is 6. The van der Waals surface area contributed by atoms with Crippen LogP contribution in [-0.4, -0.2) is 104 Å². The molecule has 10 unspecified atom stereocenters. The highest BCUT2D eigenvalue weighted by molar-refractivity contribution is 7.13. The van der Waals surface area contributed by atoms with Crippen LogP contribution in [0, 0.1) is 36.0 Å². The van der Waals surface area contributed by atoms with Crippen molar-refractivity contribution in [2.24, 2.45) is 29.1 Å². The Labute approximate surface area is 379 Å². The van der Waals surface area contributed by atoms with E-state index in [1.54, 1.807) is 23.8 Å². The average molecular weight is 908 g/mol. The molecule has 18 heteroatoms. The number of hydrogen-bond donors (Lipinski definition) is 5. The Hall–Kier alpha value is -4.49. The van der Waals surface area contributed by atoms with Gasteiger partial charge in [0.2, 0.25) is 41.2 Å². The number of nitrogens with zero attached hydrogens (tertiary/aromatic N) is 3. The lowest BCUT2D eigenvalue weighted by molar-refractivity contribution is -0.549. The summed E-state index contributed by atoms with van der Waals surface area (Å²) >= 11 is 1.56. The number of benzene rings is 1. The molecule has 1 saturated carbocycles. The quantitative estimate of drug-likeness (QED) is 0.127. The summed E-state index contributed by atoms with van der Waals surface area (Å²) < 4.78 is 6.44. The number of β-amino-alcohol motifs (C(OH)–C–C–N with tert-alkyl or cyclic N) is 1. The number of hydrogen-bond acceptors (Lipinski definition) is 12. The first-order chi connectivity index (χ1) is 30.3. The first-order valence-corrected chi connectivity index (χ1v) is 23.7. The number of aryl methyl sites for hydroxylation is 1. The number of piperidine rings is 1. The van der Waals surface area contributed by atoms with Gasteiger partial charge in [0, 0.05) is 63.6 Å². The SMILES string of the molecule is Cc1ncsc1-c1ccc(CNC(=O)C2CC(O)CN2C(=O)C(NC(=O)CCCCNC(=O)CCC(=O)NN2C(=O)C(C)C3CCC(C)C4CCC5(C)OOC43C2O5)C(C)(C)C)cc1. The zero-order valence-corrected chi connectivity index (χ0v) is 38.9. The van der Waals surface area contributed by atoms with Crippen LogP contribution in [-0.2, 0) is 49.8 Å². The molecule has 2 bridgehead atoms. The third kappa shape index (κ3) is 9.86. The Morgan fingerprint density at radius 2 is 1.69 bits per heavy atom. The predicted molar refractivity (Wildman–Crippen MR) is 235 cm³/mol. The molecule has 1 aromatic heterocycles. The van der Waals surface area contributed by atoms with Gasteiger partial charge in [-0.1, -0.05) is 58.9 Å². The number of carbonyl (C=O) groups excluding carboxylic acids is 6. The molecule has 350 valence electrons. The molecule has 5 saturated heterocycles. The van der Waals surface area contributed by atoms with Gasteiger partial charge in [-0.05, 0) is 74.3 Å². The summed E-state index contributed by atoms with van der Waals surface area (Å²) in [5, 5.41) is 20.4. The Bertz CT molecular complexity index is 2080. The van der Waals surface area contributed by atoms with Gasteiger partial charge in [-0.2, -0.15) is 0 Å². The van der Waals surface area contributed by atoms with Crippen molar-refractivity contribution in [2.45, 2.75) is 155 Å². The normalized spacial score (nSPS) is 30.2. The Morgan fingerprint density at radius 3 is 2.39 bits per heavy atom. The maximum atomic E-state index is 14.0. The fourth-order valence-electron chi connectivity index (χ4n) is 10.3. The molecule has 1 spiro atoms. The molecular weight excluding hydrogens is 843 g/mol. The zero-order chi connectivity index (χ0) is 46.1. The van der Waals surface area contributed by atoms with Gasteiger partial charge in [-0.25, -0.2) is 19.8 Å². The van der Waals surface area contributed by atoms with E-state index in [1.807, 2.05) is 58.9 Å². The summed E-state index contributed by atoms with van der Waals surface area (Å²) in [6, 6.07) is 5.97. The van der Waals surface area contributed by atoms with Gasteiger partial charge in [0.25, 0.3) is 0 Å². The van der Waals surface area contributed by atoms with Gasteiger partial charge in [-0.15, -0.1) is 11.3 Å². The van der Waals surface area contributed by atoms with E-state index in [0.29, 0.717) is 25.2 Å². The van der Waals surface area contributed by atoms with Crippen LogP contribution in [0.2, 0.25) is 0 Å². The fourth-order valence-corrected chi connectivity index (χ4v) is 11.1. The highest BCUT2D eigenvalue weighted by atomic mass is 32.1. The second-order valence-corrected chi connectivity index (χ2v) is 20.6. The van der Waals surface area contributed by atoms with Crippen LogP contribution in [0.15, 0.2) is 29.8 Å². The van der Waals surface area contributed by atoms with Crippen LogP contribution < -0.4 is 21.4 Å². The Kier molecular flexibility index (Phi) is 14.2. The van der Waals surface area contributed by atoms with Crippen molar-refractivity contribution in [3.63, 3.8) is 0 Å². The number of rotatable bonds is 15. The summed E-state index contributed by atoms with van der Waals surface area (Å²) in [5.74, 6) is -3.52. The third-order valence-electron chi connectivity index (χ3n) is 14.0. The number of ether oxygens (including phenoxy) is 1. The predicted octanol–water partition coefficient (Wildman–Crippen LogP) is 4.02. The molecule has 10 atom stereocenters. The number of thiazole rings is 1. The van der Waals surface area contributed by atoms with E-state index in [4.69, 9.17) is 14.5 Å². The Morgan fingerprint density at radius 1 is 0.953 bits per heavy atom. The highest BCUT2D eigenvalue weighted by Gasteiger charge is 2.71. The molecular formula is C46H65N7O10S. The standard InChI is InChI=1S/C46H65N7O10S/c1-26-11-16-33-27(2)41(59)53(43-46(33)32(26)19-20-45(7,61-43)62-63-46)51-37(57)18-17-35(55)47-21-9-8-10-36(56)50-39(44(4,5)6)42(60)52-24-31(54)22-34(52)40(58)48-23-29-12-14-30(15-13-29)38-28(3)49-25-64-38/h12-15,25-27,31-34,39,43,54H,8-11,16-24H2,1-7H3,(H,47,55)(H,48,58)(H,50,56)(H,51,57). The van der Waals surface area contributed by atoms with E-state index in [0.717, 1.165) is 41.0 Å². The van der Waals surface area contributed by atoms with Crippen molar-refractivity contribution in [3.05, 3.63) is 41.0 Å². The summed E-state index contributed by atoms with van der Waals surface area (Å²) in [7, 11) is 0. The van der Waals surface area contributed by atoms with Crippen molar-refractivity contribution < 1.29 is 48.4 Å². The molecule has 64 heavy (non-hydrogen) atoms. The lowest BCUT2D eigenvalue weighted by Gasteiger charge is -2.61. The number of fused-ring (bicyclic) bond motifs is 2. The summed E-state index contributed by atoms with van der Waals surface area (Å²) in [6.45, 7) is 13.8. The first kappa shape index (κ1) is 47.5. The minimum atomic E-state index is -1.06. The second-order valence-electron chi connectivity index (χ2n) is 19.7. The number of aromatic nitrogens is 1. The molecule has 2 aromatic rings. The van der Waals surface area contributed by atoms with E-state index in [9.17, 15) is 33.9 Å².